The number of esters is 1. The lowest BCUT2D eigenvalue weighted by atomic mass is 9.50. The van der Waals surface area contributed by atoms with Crippen molar-refractivity contribution in [2.75, 3.05) is 0 Å². The highest BCUT2D eigenvalue weighted by atomic mass is 16.5. The fraction of sp³-hybridized carbons (Fsp3) is 0.905. The van der Waals surface area contributed by atoms with Gasteiger partial charge in [0.25, 0.3) is 0 Å². The SMILES string of the molecule is CC(=O)O[C@H]1CC[C@H]2[C@@H]3CC[C@H]4CC(=O)[C@H](C)C[C@@H]4[C@H]3CC[C@]12C. The van der Waals surface area contributed by atoms with E-state index in [-0.39, 0.29) is 23.4 Å². The standard InChI is InChI=1S/C21H32O3/c1-12-10-17-14(11-19(12)23)4-5-16-15(17)8-9-21(3)18(16)6-7-20(21)24-13(2)22/h12,14-18,20H,4-11H2,1-3H3/t12-,14+,15+,16-,17+,18+,20+,21+/m1/s1. The van der Waals surface area contributed by atoms with Crippen molar-refractivity contribution < 1.29 is 14.3 Å². The quantitative estimate of drug-likeness (QED) is 0.669. The lowest BCUT2D eigenvalue weighted by Crippen LogP contribution is -2.50. The zero-order valence-electron chi connectivity index (χ0n) is 15.4. The molecule has 4 rings (SSSR count). The summed E-state index contributed by atoms with van der Waals surface area (Å²) in [6.07, 6.45) is 9.38. The third-order valence-electron chi connectivity index (χ3n) is 8.38. The first-order valence-corrected chi connectivity index (χ1v) is 10.1. The minimum Gasteiger partial charge on any atom is -0.462 e. The summed E-state index contributed by atoms with van der Waals surface area (Å²) in [6, 6.07) is 0. The summed E-state index contributed by atoms with van der Waals surface area (Å²) in [7, 11) is 0. The van der Waals surface area contributed by atoms with E-state index in [4.69, 9.17) is 4.74 Å². The summed E-state index contributed by atoms with van der Waals surface area (Å²) in [6.45, 7) is 6.07. The maximum atomic E-state index is 12.1. The van der Waals surface area contributed by atoms with E-state index in [1.54, 1.807) is 6.92 Å². The molecule has 3 heteroatoms. The monoisotopic (exact) mass is 332 g/mol. The molecular formula is C21H32O3. The number of fused-ring (bicyclic) bond motifs is 5. The Hall–Kier alpha value is -0.860. The van der Waals surface area contributed by atoms with Crippen molar-refractivity contribution in [3.05, 3.63) is 0 Å². The predicted octanol–water partition coefficient (Wildman–Crippen LogP) is 4.39. The van der Waals surface area contributed by atoms with Crippen LogP contribution in [0, 0.1) is 40.9 Å². The predicted molar refractivity (Wildman–Crippen MR) is 92.2 cm³/mol. The van der Waals surface area contributed by atoms with Crippen LogP contribution in [0.5, 0.6) is 0 Å². The summed E-state index contributed by atoms with van der Waals surface area (Å²) in [5.74, 6) is 4.42. The minimum absolute atomic E-state index is 0.118. The molecule has 0 saturated heterocycles. The largest absolute Gasteiger partial charge is 0.462 e. The molecule has 0 bridgehead atoms. The van der Waals surface area contributed by atoms with Gasteiger partial charge in [-0.2, -0.15) is 0 Å². The smallest absolute Gasteiger partial charge is 0.302 e. The van der Waals surface area contributed by atoms with Crippen LogP contribution in [0.15, 0.2) is 0 Å². The van der Waals surface area contributed by atoms with Crippen LogP contribution in [0.4, 0.5) is 0 Å². The summed E-state index contributed by atoms with van der Waals surface area (Å²) in [4.78, 5) is 23.6. The molecule has 4 aliphatic rings. The zero-order chi connectivity index (χ0) is 17.1. The Kier molecular flexibility index (Phi) is 4.04. The number of carbonyl (C=O) groups is 2. The van der Waals surface area contributed by atoms with Gasteiger partial charge in [0.15, 0.2) is 0 Å². The molecule has 4 saturated carbocycles. The van der Waals surface area contributed by atoms with Crippen molar-refractivity contribution in [1.82, 2.24) is 0 Å². The van der Waals surface area contributed by atoms with E-state index in [1.165, 1.54) is 32.1 Å². The first-order chi connectivity index (χ1) is 11.4. The molecule has 0 unspecified atom stereocenters. The average molecular weight is 332 g/mol. The van der Waals surface area contributed by atoms with Gasteiger partial charge in [-0.05, 0) is 74.5 Å². The van der Waals surface area contributed by atoms with Crippen LogP contribution in [-0.2, 0) is 14.3 Å². The third-order valence-corrected chi connectivity index (χ3v) is 8.38. The maximum Gasteiger partial charge on any atom is 0.302 e. The van der Waals surface area contributed by atoms with Gasteiger partial charge in [-0.3, -0.25) is 9.59 Å². The van der Waals surface area contributed by atoms with Crippen molar-refractivity contribution >= 4 is 11.8 Å². The van der Waals surface area contributed by atoms with Crippen molar-refractivity contribution in [3.8, 4) is 0 Å². The zero-order valence-corrected chi connectivity index (χ0v) is 15.4. The molecular weight excluding hydrogens is 300 g/mol. The molecule has 0 aromatic carbocycles. The fourth-order valence-corrected chi connectivity index (χ4v) is 7.20. The summed E-state index contributed by atoms with van der Waals surface area (Å²) < 4.78 is 5.72. The second-order valence-electron chi connectivity index (χ2n) is 9.46. The number of carbonyl (C=O) groups excluding carboxylic acids is 2. The van der Waals surface area contributed by atoms with E-state index < -0.39 is 0 Å². The van der Waals surface area contributed by atoms with Gasteiger partial charge in [0.05, 0.1) is 0 Å². The Bertz CT molecular complexity index is 541. The molecule has 0 N–H and O–H groups in total. The second-order valence-corrected chi connectivity index (χ2v) is 9.46. The molecule has 0 amide bonds. The van der Waals surface area contributed by atoms with Gasteiger partial charge >= 0.3 is 5.97 Å². The lowest BCUT2D eigenvalue weighted by Gasteiger charge is -2.55. The number of ketones is 1. The minimum atomic E-state index is -0.118. The van der Waals surface area contributed by atoms with E-state index in [1.807, 2.05) is 0 Å². The highest BCUT2D eigenvalue weighted by Crippen LogP contribution is 2.63. The van der Waals surface area contributed by atoms with Gasteiger partial charge < -0.3 is 4.74 Å². The van der Waals surface area contributed by atoms with Gasteiger partial charge in [-0.25, -0.2) is 0 Å². The molecule has 4 fully saturated rings. The van der Waals surface area contributed by atoms with E-state index in [2.05, 4.69) is 13.8 Å². The van der Waals surface area contributed by atoms with Crippen LogP contribution < -0.4 is 0 Å². The Balaban J connectivity index is 1.54. The number of rotatable bonds is 1. The molecule has 0 spiro atoms. The molecule has 0 radical (unpaired) electrons. The summed E-state index contributed by atoms with van der Waals surface area (Å²) >= 11 is 0. The molecule has 24 heavy (non-hydrogen) atoms. The van der Waals surface area contributed by atoms with E-state index in [9.17, 15) is 9.59 Å². The number of hydrogen-bond donors (Lipinski definition) is 0. The van der Waals surface area contributed by atoms with Crippen LogP contribution in [0.3, 0.4) is 0 Å². The van der Waals surface area contributed by atoms with Gasteiger partial charge in [-0.1, -0.05) is 13.8 Å². The molecule has 0 aliphatic heterocycles. The number of hydrogen-bond acceptors (Lipinski definition) is 3. The first-order valence-electron chi connectivity index (χ1n) is 10.1. The normalized spacial score (nSPS) is 50.6. The fourth-order valence-electron chi connectivity index (χ4n) is 7.20. The number of ether oxygens (including phenoxy) is 1. The highest BCUT2D eigenvalue weighted by Gasteiger charge is 2.58. The molecule has 134 valence electrons. The van der Waals surface area contributed by atoms with Crippen LogP contribution in [0.2, 0.25) is 0 Å². The van der Waals surface area contributed by atoms with E-state index in [0.717, 1.165) is 42.9 Å². The Morgan fingerprint density at radius 1 is 1.08 bits per heavy atom. The van der Waals surface area contributed by atoms with Crippen molar-refractivity contribution in [1.29, 1.82) is 0 Å². The van der Waals surface area contributed by atoms with Crippen LogP contribution in [0.1, 0.15) is 72.1 Å². The Morgan fingerprint density at radius 3 is 2.62 bits per heavy atom. The number of Topliss-reactive ketones (excluding diaryl/α,β-unsaturated/α-hetero) is 1. The van der Waals surface area contributed by atoms with Gasteiger partial charge in [0.2, 0.25) is 0 Å². The van der Waals surface area contributed by atoms with Crippen LogP contribution in [0.25, 0.3) is 0 Å². The molecule has 3 nitrogen and oxygen atoms in total. The van der Waals surface area contributed by atoms with Crippen molar-refractivity contribution in [3.63, 3.8) is 0 Å². The summed E-state index contributed by atoms with van der Waals surface area (Å²) in [5.41, 5.74) is 0.190. The Labute approximate surface area is 145 Å². The lowest BCUT2D eigenvalue weighted by molar-refractivity contribution is -0.157. The van der Waals surface area contributed by atoms with Gasteiger partial charge in [-0.15, -0.1) is 0 Å². The van der Waals surface area contributed by atoms with E-state index in [0.29, 0.717) is 11.7 Å². The van der Waals surface area contributed by atoms with E-state index >= 15 is 0 Å². The summed E-state index contributed by atoms with van der Waals surface area (Å²) in [5, 5.41) is 0. The van der Waals surface area contributed by atoms with Crippen LogP contribution >= 0.6 is 0 Å². The van der Waals surface area contributed by atoms with Crippen molar-refractivity contribution in [2.24, 2.45) is 40.9 Å². The third kappa shape index (κ3) is 2.45. The first kappa shape index (κ1) is 16.6. The van der Waals surface area contributed by atoms with Gasteiger partial charge in [0, 0.05) is 24.7 Å². The molecule has 0 aromatic heterocycles. The topological polar surface area (TPSA) is 43.4 Å². The Morgan fingerprint density at radius 2 is 1.88 bits per heavy atom. The average Bonchev–Trinajstić information content (AvgIpc) is 2.85. The van der Waals surface area contributed by atoms with Crippen molar-refractivity contribution in [2.45, 2.75) is 78.2 Å². The molecule has 0 aromatic rings. The second kappa shape index (κ2) is 5.85. The highest BCUT2D eigenvalue weighted by molar-refractivity contribution is 5.81. The molecule has 4 aliphatic carbocycles. The van der Waals surface area contributed by atoms with Crippen LogP contribution in [-0.4, -0.2) is 17.9 Å². The van der Waals surface area contributed by atoms with Gasteiger partial charge in [0.1, 0.15) is 11.9 Å². The maximum absolute atomic E-state index is 12.1. The molecule has 8 atom stereocenters. The molecule has 0 heterocycles.